The lowest BCUT2D eigenvalue weighted by atomic mass is 9.93. The van der Waals surface area contributed by atoms with Gasteiger partial charge in [-0.25, -0.2) is 0 Å². The molecular weight excluding hydrogens is 274 g/mol. The lowest BCUT2D eigenvalue weighted by Crippen LogP contribution is -2.49. The van der Waals surface area contributed by atoms with Crippen LogP contribution in [0.4, 0.5) is 8.78 Å². The zero-order valence-electron chi connectivity index (χ0n) is 12.7. The Morgan fingerprint density at radius 1 is 1.38 bits per heavy atom. The summed E-state index contributed by atoms with van der Waals surface area (Å²) in [5.41, 5.74) is 7.79. The lowest BCUT2D eigenvalue weighted by molar-refractivity contribution is -0.0498. The summed E-state index contributed by atoms with van der Waals surface area (Å²) in [4.78, 5) is 0. The Labute approximate surface area is 125 Å². The van der Waals surface area contributed by atoms with Gasteiger partial charge in [-0.2, -0.15) is 8.78 Å². The highest BCUT2D eigenvalue weighted by Gasteiger charge is 2.21. The first-order valence-electron chi connectivity index (χ1n) is 6.98. The molecular formula is C16H24F2N2O. The van der Waals surface area contributed by atoms with Crippen molar-refractivity contribution in [2.45, 2.75) is 38.8 Å². The van der Waals surface area contributed by atoms with Gasteiger partial charge in [0.15, 0.2) is 0 Å². The van der Waals surface area contributed by atoms with Crippen LogP contribution in [0.5, 0.6) is 5.75 Å². The van der Waals surface area contributed by atoms with Crippen molar-refractivity contribution in [2.24, 2.45) is 5.73 Å². The molecule has 3 N–H and O–H groups in total. The van der Waals surface area contributed by atoms with Crippen molar-refractivity contribution in [1.29, 1.82) is 0 Å². The third-order valence-electron chi connectivity index (χ3n) is 3.38. The summed E-state index contributed by atoms with van der Waals surface area (Å²) in [6.07, 6.45) is 1.66. The number of benzene rings is 1. The fourth-order valence-corrected chi connectivity index (χ4v) is 1.88. The molecule has 0 radical (unpaired) electrons. The molecule has 0 fully saturated rings. The van der Waals surface area contributed by atoms with E-state index < -0.39 is 6.61 Å². The van der Waals surface area contributed by atoms with Gasteiger partial charge in [0.25, 0.3) is 0 Å². The van der Waals surface area contributed by atoms with Crippen LogP contribution in [0.3, 0.4) is 0 Å². The van der Waals surface area contributed by atoms with Crippen molar-refractivity contribution in [3.8, 4) is 5.75 Å². The summed E-state index contributed by atoms with van der Waals surface area (Å²) < 4.78 is 28.5. The molecule has 21 heavy (non-hydrogen) atoms. The van der Waals surface area contributed by atoms with Crippen LogP contribution < -0.4 is 15.8 Å². The Morgan fingerprint density at radius 3 is 2.48 bits per heavy atom. The molecule has 0 heterocycles. The molecule has 118 valence electrons. The van der Waals surface area contributed by atoms with Crippen molar-refractivity contribution in [3.05, 3.63) is 42.0 Å². The van der Waals surface area contributed by atoms with Gasteiger partial charge in [-0.15, -0.1) is 0 Å². The van der Waals surface area contributed by atoms with Crippen LogP contribution in [0.2, 0.25) is 0 Å². The van der Waals surface area contributed by atoms with Crippen LogP contribution in [-0.4, -0.2) is 25.2 Å². The number of ether oxygens (including phenoxy) is 1. The van der Waals surface area contributed by atoms with Gasteiger partial charge in [0.05, 0.1) is 0 Å². The molecule has 0 aliphatic heterocycles. The quantitative estimate of drug-likeness (QED) is 0.689. The van der Waals surface area contributed by atoms with Crippen LogP contribution in [-0.2, 0) is 6.42 Å². The number of hydrogen-bond donors (Lipinski definition) is 2. The van der Waals surface area contributed by atoms with Crippen LogP contribution in [0.15, 0.2) is 36.4 Å². The normalized spacial score (nSPS) is 14.0. The summed E-state index contributed by atoms with van der Waals surface area (Å²) >= 11 is 0. The largest absolute Gasteiger partial charge is 0.435 e. The van der Waals surface area contributed by atoms with Gasteiger partial charge in [-0.1, -0.05) is 24.3 Å². The molecule has 1 unspecified atom stereocenters. The second-order valence-corrected chi connectivity index (χ2v) is 5.60. The second-order valence-electron chi connectivity index (χ2n) is 5.60. The van der Waals surface area contributed by atoms with Crippen molar-refractivity contribution >= 4 is 0 Å². The van der Waals surface area contributed by atoms with E-state index in [0.717, 1.165) is 30.5 Å². The van der Waals surface area contributed by atoms with Gasteiger partial charge < -0.3 is 15.8 Å². The Hall–Kier alpha value is -1.46. The van der Waals surface area contributed by atoms with Gasteiger partial charge in [-0.05, 0) is 44.4 Å². The molecule has 5 heteroatoms. The third kappa shape index (κ3) is 6.69. The maximum atomic E-state index is 12.1. The van der Waals surface area contributed by atoms with Gasteiger partial charge in [0, 0.05) is 18.6 Å². The van der Waals surface area contributed by atoms with Gasteiger partial charge in [0.2, 0.25) is 0 Å². The van der Waals surface area contributed by atoms with Crippen LogP contribution in [0.1, 0.15) is 25.8 Å². The first-order valence-corrected chi connectivity index (χ1v) is 6.98. The van der Waals surface area contributed by atoms with E-state index in [9.17, 15) is 8.78 Å². The fourth-order valence-electron chi connectivity index (χ4n) is 1.88. The molecule has 1 rings (SSSR count). The molecule has 0 saturated carbocycles. The van der Waals surface area contributed by atoms with Crippen molar-refractivity contribution in [1.82, 2.24) is 5.32 Å². The molecule has 0 aliphatic carbocycles. The number of hydrogen-bond acceptors (Lipinski definition) is 3. The second kappa shape index (κ2) is 8.10. The molecule has 0 amide bonds. The minimum Gasteiger partial charge on any atom is -0.435 e. The molecule has 0 spiro atoms. The zero-order valence-corrected chi connectivity index (χ0v) is 12.7. The number of rotatable bonds is 9. The van der Waals surface area contributed by atoms with Gasteiger partial charge in [-0.3, -0.25) is 0 Å². The number of nitrogens with two attached hydrogens (primary N) is 1. The number of halogens is 2. The number of aryl methyl sites for hydroxylation is 1. The summed E-state index contributed by atoms with van der Waals surface area (Å²) in [6, 6.07) is 6.71. The van der Waals surface area contributed by atoms with E-state index in [4.69, 9.17) is 5.73 Å². The average molecular weight is 298 g/mol. The summed E-state index contributed by atoms with van der Waals surface area (Å²) in [7, 11) is 0. The number of nitrogens with one attached hydrogen (secondary N) is 1. The third-order valence-corrected chi connectivity index (χ3v) is 3.38. The summed E-state index contributed by atoms with van der Waals surface area (Å²) in [5, 5.41) is 3.40. The monoisotopic (exact) mass is 298 g/mol. The summed E-state index contributed by atoms with van der Waals surface area (Å²) in [6.45, 7) is 6.37. The first kappa shape index (κ1) is 17.6. The van der Waals surface area contributed by atoms with Crippen molar-refractivity contribution in [3.63, 3.8) is 0 Å². The average Bonchev–Trinajstić information content (AvgIpc) is 2.44. The highest BCUT2D eigenvalue weighted by atomic mass is 19.3. The highest BCUT2D eigenvalue weighted by molar-refractivity contribution is 5.27. The highest BCUT2D eigenvalue weighted by Crippen LogP contribution is 2.18. The van der Waals surface area contributed by atoms with Crippen molar-refractivity contribution < 1.29 is 13.5 Å². The van der Waals surface area contributed by atoms with Gasteiger partial charge >= 0.3 is 6.61 Å². The smallest absolute Gasteiger partial charge is 0.387 e. The van der Waals surface area contributed by atoms with E-state index in [1.54, 1.807) is 24.3 Å². The Morgan fingerprint density at radius 2 is 2.00 bits per heavy atom. The Kier molecular flexibility index (Phi) is 6.78. The molecule has 0 aromatic heterocycles. The fraction of sp³-hybridized carbons (Fsp3) is 0.500. The van der Waals surface area contributed by atoms with E-state index in [1.807, 2.05) is 6.92 Å². The Bertz CT molecular complexity index is 448. The lowest BCUT2D eigenvalue weighted by Gasteiger charge is -2.30. The van der Waals surface area contributed by atoms with Crippen LogP contribution >= 0.6 is 0 Å². The molecule has 3 nitrogen and oxygen atoms in total. The van der Waals surface area contributed by atoms with Crippen LogP contribution in [0, 0.1) is 0 Å². The van der Waals surface area contributed by atoms with E-state index in [0.29, 0.717) is 6.54 Å². The minimum absolute atomic E-state index is 0.170. The topological polar surface area (TPSA) is 47.3 Å². The predicted octanol–water partition coefficient (Wildman–Crippen LogP) is 3.10. The standard InChI is InChI=1S/C16H24F2N2O/c1-12(2)10-20-16(3,11-19)9-8-13-4-6-14(7-5-13)21-15(17)18/h4-7,15,20H,1,8-11,19H2,2-3H3. The van der Waals surface area contributed by atoms with E-state index in [1.165, 1.54) is 0 Å². The van der Waals surface area contributed by atoms with E-state index in [2.05, 4.69) is 23.6 Å². The van der Waals surface area contributed by atoms with Gasteiger partial charge in [0.1, 0.15) is 5.75 Å². The SMILES string of the molecule is C=C(C)CNC(C)(CN)CCc1ccc(OC(F)F)cc1. The van der Waals surface area contributed by atoms with E-state index >= 15 is 0 Å². The Balaban J connectivity index is 2.54. The maximum absolute atomic E-state index is 12.1. The minimum atomic E-state index is -2.79. The molecule has 0 bridgehead atoms. The molecule has 1 aromatic carbocycles. The molecule has 1 atom stereocenters. The van der Waals surface area contributed by atoms with E-state index in [-0.39, 0.29) is 11.3 Å². The van der Waals surface area contributed by atoms with Crippen LogP contribution in [0.25, 0.3) is 0 Å². The maximum Gasteiger partial charge on any atom is 0.387 e. The zero-order chi connectivity index (χ0) is 15.9. The molecule has 0 saturated heterocycles. The summed E-state index contributed by atoms with van der Waals surface area (Å²) in [5.74, 6) is 0.177. The predicted molar refractivity (Wildman–Crippen MR) is 81.7 cm³/mol. The first-order chi connectivity index (χ1) is 9.84. The molecule has 0 aliphatic rings. The van der Waals surface area contributed by atoms with Crippen molar-refractivity contribution in [2.75, 3.05) is 13.1 Å². The number of alkyl halides is 2. The molecule has 1 aromatic rings.